The summed E-state index contributed by atoms with van der Waals surface area (Å²) < 4.78 is 10.4. The van der Waals surface area contributed by atoms with Gasteiger partial charge in [0.05, 0.1) is 12.7 Å². The number of esters is 1. The summed E-state index contributed by atoms with van der Waals surface area (Å²) in [4.78, 5) is 12.1. The third kappa shape index (κ3) is 5.68. The fourth-order valence-corrected chi connectivity index (χ4v) is 1.79. The van der Waals surface area contributed by atoms with Gasteiger partial charge >= 0.3 is 5.97 Å². The monoisotopic (exact) mass is 326 g/mol. The van der Waals surface area contributed by atoms with Crippen LogP contribution in [0.1, 0.15) is 15.9 Å². The normalized spacial score (nSPS) is 8.36. The van der Waals surface area contributed by atoms with Crippen LogP contribution in [0, 0.1) is 0 Å². The van der Waals surface area contributed by atoms with Crippen LogP contribution in [0.4, 0.5) is 0 Å². The van der Waals surface area contributed by atoms with E-state index >= 15 is 0 Å². The van der Waals surface area contributed by atoms with E-state index in [0.29, 0.717) is 17.1 Å². The van der Waals surface area contributed by atoms with Gasteiger partial charge < -0.3 is 9.47 Å². The number of benzene rings is 2. The van der Waals surface area contributed by atoms with E-state index in [9.17, 15) is 4.79 Å². The number of rotatable bonds is 4. The van der Waals surface area contributed by atoms with E-state index in [0.717, 1.165) is 5.56 Å². The number of carbonyl (C=O) groups excluding carboxylic acids is 1. The Hall–Kier alpha value is -3.87. The van der Waals surface area contributed by atoms with Gasteiger partial charge in [-0.05, 0) is 77.5 Å². The summed E-state index contributed by atoms with van der Waals surface area (Å²) in [5.41, 5.74) is 16.8. The smallest absolute Gasteiger partial charge is 0.343 e. The SMILES string of the molecule is C=C=C=C=C=C=C=Cc1ccc(OC(=O)c2ccc(OC)cc2)cc1. The zero-order valence-electron chi connectivity index (χ0n) is 13.6. The van der Waals surface area contributed by atoms with Crippen molar-refractivity contribution in [3.8, 4) is 11.5 Å². The lowest BCUT2D eigenvalue weighted by atomic mass is 10.2. The lowest BCUT2D eigenvalue weighted by Gasteiger charge is -2.05. The maximum atomic E-state index is 12.1. The molecule has 0 aliphatic rings. The van der Waals surface area contributed by atoms with E-state index in [4.69, 9.17) is 9.47 Å². The summed E-state index contributed by atoms with van der Waals surface area (Å²) >= 11 is 0. The molecular formula is C22H14O3. The van der Waals surface area contributed by atoms with Gasteiger partial charge in [0.2, 0.25) is 0 Å². The maximum absolute atomic E-state index is 12.1. The van der Waals surface area contributed by atoms with E-state index < -0.39 is 5.97 Å². The van der Waals surface area contributed by atoms with Crippen molar-refractivity contribution in [2.45, 2.75) is 0 Å². The van der Waals surface area contributed by atoms with E-state index in [1.807, 2.05) is 0 Å². The quantitative estimate of drug-likeness (QED) is 0.472. The number of methoxy groups -OCH3 is 1. The highest BCUT2D eigenvalue weighted by Crippen LogP contribution is 2.16. The number of ether oxygens (including phenoxy) is 2. The summed E-state index contributed by atoms with van der Waals surface area (Å²) in [6, 6.07) is 13.7. The summed E-state index contributed by atoms with van der Waals surface area (Å²) in [7, 11) is 1.57. The Morgan fingerprint density at radius 3 is 2.20 bits per heavy atom. The fourth-order valence-electron chi connectivity index (χ4n) is 1.79. The van der Waals surface area contributed by atoms with Gasteiger partial charge in [0.25, 0.3) is 0 Å². The minimum atomic E-state index is -0.430. The van der Waals surface area contributed by atoms with E-state index in [-0.39, 0.29) is 0 Å². The third-order valence-corrected chi connectivity index (χ3v) is 3.00. The first-order chi connectivity index (χ1) is 12.2. The summed E-state index contributed by atoms with van der Waals surface area (Å²) in [5.74, 6) is 0.707. The van der Waals surface area contributed by atoms with Crippen molar-refractivity contribution in [2.75, 3.05) is 7.11 Å². The minimum Gasteiger partial charge on any atom is -0.497 e. The van der Waals surface area contributed by atoms with Crippen LogP contribution in [0.5, 0.6) is 11.5 Å². The minimum absolute atomic E-state index is 0.430. The molecule has 0 bridgehead atoms. The average Bonchev–Trinajstić information content (AvgIpc) is 2.66. The average molecular weight is 326 g/mol. The molecule has 0 atom stereocenters. The second kappa shape index (κ2) is 9.31. The van der Waals surface area contributed by atoms with Gasteiger partial charge in [0.1, 0.15) is 11.5 Å². The standard InChI is InChI=1S/C22H14O3/c1-3-4-5-6-7-8-9-18-10-14-21(15-11-18)25-22(23)19-12-16-20(24-2)17-13-19/h9-17H,1H2,2H3. The molecule has 0 aliphatic carbocycles. The fraction of sp³-hybridized carbons (Fsp3) is 0.0455. The van der Waals surface area contributed by atoms with Gasteiger partial charge in [-0.2, -0.15) is 0 Å². The molecule has 0 saturated heterocycles. The summed E-state index contributed by atoms with van der Waals surface area (Å²) in [6.07, 6.45) is 1.71. The van der Waals surface area contributed by atoms with Crippen molar-refractivity contribution in [2.24, 2.45) is 0 Å². The lowest BCUT2D eigenvalue weighted by Crippen LogP contribution is -2.08. The Kier molecular flexibility index (Phi) is 6.51. The van der Waals surface area contributed by atoms with Crippen molar-refractivity contribution >= 4 is 12.0 Å². The number of hydrogen-bond acceptors (Lipinski definition) is 3. The number of carbonyl (C=O) groups is 1. The van der Waals surface area contributed by atoms with Gasteiger partial charge in [-0.3, -0.25) is 0 Å². The molecule has 0 aliphatic heterocycles. The molecule has 3 heteroatoms. The van der Waals surface area contributed by atoms with Crippen LogP contribution in [0.2, 0.25) is 0 Å². The molecule has 2 rings (SSSR count). The second-order valence-electron chi connectivity index (χ2n) is 4.65. The van der Waals surface area contributed by atoms with Crippen molar-refractivity contribution < 1.29 is 14.3 Å². The first-order valence-electron chi connectivity index (χ1n) is 7.30. The summed E-state index contributed by atoms with van der Waals surface area (Å²) in [5, 5.41) is 0. The van der Waals surface area contributed by atoms with Crippen LogP contribution in [0.25, 0.3) is 6.08 Å². The van der Waals surface area contributed by atoms with Crippen LogP contribution in [0.3, 0.4) is 0 Å². The van der Waals surface area contributed by atoms with Crippen LogP contribution < -0.4 is 9.47 Å². The van der Waals surface area contributed by atoms with Crippen LogP contribution in [0.15, 0.2) is 89.5 Å². The number of hydrogen-bond donors (Lipinski definition) is 0. The topological polar surface area (TPSA) is 35.5 Å². The molecule has 25 heavy (non-hydrogen) atoms. The van der Waals surface area contributed by atoms with E-state index in [1.165, 1.54) is 0 Å². The van der Waals surface area contributed by atoms with Gasteiger partial charge in [-0.25, -0.2) is 4.79 Å². The molecule has 2 aromatic rings. The summed E-state index contributed by atoms with van der Waals surface area (Å²) in [6.45, 7) is 3.35. The Balaban J connectivity index is 2.08. The van der Waals surface area contributed by atoms with Crippen molar-refractivity contribution in [3.63, 3.8) is 0 Å². The zero-order chi connectivity index (χ0) is 17.9. The third-order valence-electron chi connectivity index (χ3n) is 3.00. The molecule has 0 fully saturated rings. The molecule has 3 nitrogen and oxygen atoms in total. The predicted molar refractivity (Wildman–Crippen MR) is 95.6 cm³/mol. The highest BCUT2D eigenvalue weighted by molar-refractivity contribution is 5.91. The maximum Gasteiger partial charge on any atom is 0.343 e. The van der Waals surface area contributed by atoms with Gasteiger partial charge in [0.15, 0.2) is 0 Å². The largest absolute Gasteiger partial charge is 0.497 e. The molecular weight excluding hydrogens is 312 g/mol. The van der Waals surface area contributed by atoms with E-state index in [1.54, 1.807) is 61.7 Å². The highest BCUT2D eigenvalue weighted by Gasteiger charge is 2.08. The molecule has 0 saturated carbocycles. The van der Waals surface area contributed by atoms with Gasteiger partial charge in [-0.1, -0.05) is 23.6 Å². The molecule has 0 unspecified atom stereocenters. The van der Waals surface area contributed by atoms with Crippen molar-refractivity contribution in [1.29, 1.82) is 0 Å². The molecule has 0 radical (unpaired) electrons. The molecule has 0 heterocycles. The highest BCUT2D eigenvalue weighted by atomic mass is 16.5. The molecule has 0 N–H and O–H groups in total. The zero-order valence-corrected chi connectivity index (χ0v) is 13.6. The molecule has 2 aromatic carbocycles. The molecule has 120 valence electrons. The molecule has 0 aromatic heterocycles. The lowest BCUT2D eigenvalue weighted by molar-refractivity contribution is 0.0734. The Bertz CT molecular complexity index is 974. The van der Waals surface area contributed by atoms with Gasteiger partial charge in [0, 0.05) is 0 Å². The Morgan fingerprint density at radius 2 is 1.56 bits per heavy atom. The van der Waals surface area contributed by atoms with Crippen LogP contribution >= 0.6 is 0 Å². The first kappa shape index (κ1) is 17.5. The van der Waals surface area contributed by atoms with Crippen LogP contribution in [-0.4, -0.2) is 13.1 Å². The molecule has 0 amide bonds. The van der Waals surface area contributed by atoms with Gasteiger partial charge in [-0.15, -0.1) is 0 Å². The van der Waals surface area contributed by atoms with E-state index in [2.05, 4.69) is 41.0 Å². The van der Waals surface area contributed by atoms with Crippen molar-refractivity contribution in [3.05, 3.63) is 101 Å². The Labute approximate surface area is 146 Å². The molecule has 0 spiro atoms. The Morgan fingerprint density at radius 1 is 0.920 bits per heavy atom. The predicted octanol–water partition coefficient (Wildman–Crippen LogP) is 4.49. The van der Waals surface area contributed by atoms with Crippen molar-refractivity contribution in [1.82, 2.24) is 0 Å². The first-order valence-corrected chi connectivity index (χ1v) is 7.30. The second-order valence-corrected chi connectivity index (χ2v) is 4.65. The van der Waals surface area contributed by atoms with Crippen LogP contribution in [-0.2, 0) is 0 Å².